The van der Waals surface area contributed by atoms with Crippen molar-refractivity contribution in [2.24, 2.45) is 0 Å². The first-order chi connectivity index (χ1) is 10.7. The Labute approximate surface area is 141 Å². The molecule has 0 radical (unpaired) electrons. The van der Waals surface area contributed by atoms with Crippen LogP contribution < -0.4 is 5.56 Å². The number of nitrogens with zero attached hydrogens (tertiary/aromatic N) is 1. The minimum absolute atomic E-state index is 0. The number of hydrogen-bond donors (Lipinski definition) is 1. The summed E-state index contributed by atoms with van der Waals surface area (Å²) >= 11 is 0. The van der Waals surface area contributed by atoms with Crippen LogP contribution in [0.25, 0.3) is 10.8 Å². The molecule has 0 spiro atoms. The fourth-order valence-electron chi connectivity index (χ4n) is 3.27. The van der Waals surface area contributed by atoms with Crippen LogP contribution in [0, 0.1) is 5.82 Å². The van der Waals surface area contributed by atoms with Gasteiger partial charge in [-0.25, -0.2) is 4.39 Å². The van der Waals surface area contributed by atoms with E-state index >= 15 is 0 Å². The molecule has 1 aliphatic rings. The van der Waals surface area contributed by atoms with Crippen molar-refractivity contribution in [3.63, 3.8) is 0 Å². The second kappa shape index (κ2) is 7.90. The number of aromatic nitrogens is 1. The van der Waals surface area contributed by atoms with Gasteiger partial charge < -0.3 is 9.72 Å². The molecule has 126 valence electrons. The molecule has 4 nitrogen and oxygen atoms in total. The average Bonchev–Trinajstić information content (AvgIpc) is 2.94. The Morgan fingerprint density at radius 3 is 3.00 bits per heavy atom. The van der Waals surface area contributed by atoms with Gasteiger partial charge in [-0.3, -0.25) is 9.69 Å². The molecular weight excluding hydrogens is 319 g/mol. The maximum atomic E-state index is 13.9. The van der Waals surface area contributed by atoms with Crippen molar-refractivity contribution in [1.29, 1.82) is 0 Å². The van der Waals surface area contributed by atoms with E-state index in [1.54, 1.807) is 25.3 Å². The van der Waals surface area contributed by atoms with Crippen LogP contribution in [0.2, 0.25) is 0 Å². The van der Waals surface area contributed by atoms with Crippen LogP contribution in [-0.2, 0) is 11.2 Å². The fourth-order valence-corrected chi connectivity index (χ4v) is 3.27. The van der Waals surface area contributed by atoms with Gasteiger partial charge in [-0.05, 0) is 37.6 Å². The zero-order chi connectivity index (χ0) is 15.5. The molecule has 2 heterocycles. The van der Waals surface area contributed by atoms with Gasteiger partial charge in [-0.15, -0.1) is 12.4 Å². The molecule has 0 amide bonds. The largest absolute Gasteiger partial charge is 0.383 e. The molecule has 6 heteroatoms. The predicted molar refractivity (Wildman–Crippen MR) is 91.9 cm³/mol. The number of halogens is 2. The molecule has 0 aliphatic carbocycles. The average molecular weight is 341 g/mol. The second-order valence-corrected chi connectivity index (χ2v) is 5.86. The van der Waals surface area contributed by atoms with Gasteiger partial charge in [0, 0.05) is 42.6 Å². The van der Waals surface area contributed by atoms with E-state index in [1.807, 2.05) is 0 Å². The number of likely N-dealkylation sites (tertiary alicyclic amines) is 1. The minimum atomic E-state index is -0.344. The van der Waals surface area contributed by atoms with Crippen LogP contribution in [0.5, 0.6) is 0 Å². The van der Waals surface area contributed by atoms with E-state index in [0.717, 1.165) is 31.8 Å². The molecule has 1 fully saturated rings. The van der Waals surface area contributed by atoms with Crippen molar-refractivity contribution in [1.82, 2.24) is 9.88 Å². The molecular formula is C17H22ClFN2O2. The van der Waals surface area contributed by atoms with E-state index in [-0.39, 0.29) is 23.8 Å². The normalized spacial score (nSPS) is 18.3. The summed E-state index contributed by atoms with van der Waals surface area (Å²) in [7, 11) is 1.72. The number of benzene rings is 1. The summed E-state index contributed by atoms with van der Waals surface area (Å²) in [5.74, 6) is -0.344. The van der Waals surface area contributed by atoms with Crippen molar-refractivity contribution in [3.8, 4) is 0 Å². The Hall–Kier alpha value is -1.43. The highest BCUT2D eigenvalue weighted by Gasteiger charge is 2.23. The summed E-state index contributed by atoms with van der Waals surface area (Å²) in [4.78, 5) is 17.3. The number of rotatable bonds is 5. The van der Waals surface area contributed by atoms with Crippen LogP contribution in [0.1, 0.15) is 18.5 Å². The van der Waals surface area contributed by atoms with E-state index in [9.17, 15) is 9.18 Å². The maximum absolute atomic E-state index is 13.9. The molecule has 2 aromatic rings. The van der Waals surface area contributed by atoms with Crippen molar-refractivity contribution < 1.29 is 9.13 Å². The molecule has 1 aromatic heterocycles. The molecule has 1 atom stereocenters. The summed E-state index contributed by atoms with van der Waals surface area (Å²) < 4.78 is 19.1. The second-order valence-electron chi connectivity index (χ2n) is 5.86. The first kappa shape index (κ1) is 17.9. The molecule has 1 N–H and O–H groups in total. The molecule has 3 rings (SSSR count). The molecule has 23 heavy (non-hydrogen) atoms. The molecule has 0 saturated carbocycles. The number of fused-ring (bicyclic) bond motifs is 1. The lowest BCUT2D eigenvalue weighted by Gasteiger charge is -2.23. The van der Waals surface area contributed by atoms with E-state index in [0.29, 0.717) is 23.2 Å². The third kappa shape index (κ3) is 3.91. The van der Waals surface area contributed by atoms with E-state index in [1.165, 1.54) is 12.5 Å². The smallest absolute Gasteiger partial charge is 0.256 e. The topological polar surface area (TPSA) is 45.3 Å². The van der Waals surface area contributed by atoms with Gasteiger partial charge in [0.1, 0.15) is 5.82 Å². The fraction of sp³-hybridized carbons (Fsp3) is 0.471. The van der Waals surface area contributed by atoms with Crippen molar-refractivity contribution in [3.05, 3.63) is 46.1 Å². The summed E-state index contributed by atoms with van der Waals surface area (Å²) in [6.45, 7) is 2.65. The number of ether oxygens (including phenoxy) is 1. The molecule has 0 bridgehead atoms. The summed E-state index contributed by atoms with van der Waals surface area (Å²) in [6, 6.07) is 6.81. The highest BCUT2D eigenvalue weighted by Crippen LogP contribution is 2.19. The molecule has 1 saturated heterocycles. The van der Waals surface area contributed by atoms with Crippen molar-refractivity contribution >= 4 is 23.2 Å². The van der Waals surface area contributed by atoms with Gasteiger partial charge in [0.25, 0.3) is 5.56 Å². The van der Waals surface area contributed by atoms with Gasteiger partial charge in [0.2, 0.25) is 0 Å². The van der Waals surface area contributed by atoms with Gasteiger partial charge in [0.05, 0.1) is 6.61 Å². The third-order valence-corrected chi connectivity index (χ3v) is 4.42. The molecule has 1 aliphatic heterocycles. The first-order valence-corrected chi connectivity index (χ1v) is 7.72. The van der Waals surface area contributed by atoms with E-state index in [4.69, 9.17) is 4.74 Å². The maximum Gasteiger partial charge on any atom is 0.256 e. The Morgan fingerprint density at radius 1 is 1.39 bits per heavy atom. The zero-order valence-electron chi connectivity index (χ0n) is 13.2. The van der Waals surface area contributed by atoms with E-state index < -0.39 is 0 Å². The van der Waals surface area contributed by atoms with Gasteiger partial charge in [-0.1, -0.05) is 6.07 Å². The monoisotopic (exact) mass is 340 g/mol. The lowest BCUT2D eigenvalue weighted by Crippen LogP contribution is -2.34. The number of pyridine rings is 1. The van der Waals surface area contributed by atoms with Crippen LogP contribution in [0.15, 0.2) is 29.1 Å². The Balaban J connectivity index is 0.00000192. The Morgan fingerprint density at radius 2 is 2.22 bits per heavy atom. The zero-order valence-corrected chi connectivity index (χ0v) is 14.0. The lowest BCUT2D eigenvalue weighted by atomic mass is 10.1. The van der Waals surface area contributed by atoms with Crippen LogP contribution in [0.4, 0.5) is 4.39 Å². The van der Waals surface area contributed by atoms with Gasteiger partial charge in [0.15, 0.2) is 0 Å². The van der Waals surface area contributed by atoms with Gasteiger partial charge >= 0.3 is 0 Å². The Bertz CT molecular complexity index is 719. The minimum Gasteiger partial charge on any atom is -0.383 e. The predicted octanol–water partition coefficient (Wildman–Crippen LogP) is 2.74. The first-order valence-electron chi connectivity index (χ1n) is 7.72. The van der Waals surface area contributed by atoms with Crippen molar-refractivity contribution in [2.45, 2.75) is 25.3 Å². The SMILES string of the molecule is COC[C@H]1CCCN1CCc1cc2c(F)cccc2c(=O)[nH]1.Cl. The lowest BCUT2D eigenvalue weighted by molar-refractivity contribution is 0.116. The number of hydrogen-bond acceptors (Lipinski definition) is 3. The summed E-state index contributed by atoms with van der Waals surface area (Å²) in [5, 5.41) is 0.804. The number of H-pyrrole nitrogens is 1. The highest BCUT2D eigenvalue weighted by atomic mass is 35.5. The quantitative estimate of drug-likeness (QED) is 0.910. The Kier molecular flexibility index (Phi) is 6.16. The standard InChI is InChI=1S/C17H21FN2O2.ClH/c1-22-11-13-4-3-8-20(13)9-7-12-10-15-14(17(21)19-12)5-2-6-16(15)18;/h2,5-6,10,13H,3-4,7-9,11H2,1H3,(H,19,21);1H/t13-;/m1./s1. The van der Waals surface area contributed by atoms with Gasteiger partial charge in [-0.2, -0.15) is 0 Å². The summed E-state index contributed by atoms with van der Waals surface area (Å²) in [5.41, 5.74) is 0.563. The van der Waals surface area contributed by atoms with Crippen molar-refractivity contribution in [2.75, 3.05) is 26.8 Å². The molecule has 1 aromatic carbocycles. The van der Waals surface area contributed by atoms with Crippen LogP contribution in [-0.4, -0.2) is 42.7 Å². The number of nitrogens with one attached hydrogen (secondary N) is 1. The number of methoxy groups -OCH3 is 1. The highest BCUT2D eigenvalue weighted by molar-refractivity contribution is 5.85. The van der Waals surface area contributed by atoms with E-state index in [2.05, 4.69) is 9.88 Å². The van der Waals surface area contributed by atoms with Crippen LogP contribution >= 0.6 is 12.4 Å². The van der Waals surface area contributed by atoms with Crippen LogP contribution in [0.3, 0.4) is 0 Å². The molecule has 0 unspecified atom stereocenters. The third-order valence-electron chi connectivity index (χ3n) is 4.42. The number of aromatic amines is 1. The summed E-state index contributed by atoms with van der Waals surface area (Å²) in [6.07, 6.45) is 3.04.